The third-order valence-electron chi connectivity index (χ3n) is 4.53. The zero-order chi connectivity index (χ0) is 14.0. The Morgan fingerprint density at radius 1 is 1.21 bits per heavy atom. The van der Waals surface area contributed by atoms with Gasteiger partial charge in [0.2, 0.25) is 0 Å². The third-order valence-corrected chi connectivity index (χ3v) is 4.53. The van der Waals surface area contributed by atoms with Gasteiger partial charge >= 0.3 is 0 Å². The lowest BCUT2D eigenvalue weighted by molar-refractivity contribution is 0.265. The van der Waals surface area contributed by atoms with Crippen molar-refractivity contribution in [2.45, 2.75) is 46.6 Å². The van der Waals surface area contributed by atoms with Crippen LogP contribution in [-0.2, 0) is 6.42 Å². The van der Waals surface area contributed by atoms with Gasteiger partial charge in [-0.15, -0.1) is 0 Å². The van der Waals surface area contributed by atoms with E-state index in [-0.39, 0.29) is 5.82 Å². The molecule has 0 aliphatic heterocycles. The first-order valence-electron chi connectivity index (χ1n) is 7.51. The topological polar surface area (TPSA) is 12.0 Å². The van der Waals surface area contributed by atoms with E-state index >= 15 is 0 Å². The van der Waals surface area contributed by atoms with Gasteiger partial charge in [0.25, 0.3) is 0 Å². The van der Waals surface area contributed by atoms with Crippen molar-refractivity contribution in [1.82, 2.24) is 5.32 Å². The molecular formula is C17H26FN. The van der Waals surface area contributed by atoms with Crippen LogP contribution in [0.2, 0.25) is 0 Å². The molecule has 0 radical (unpaired) electrons. The molecule has 1 aliphatic rings. The van der Waals surface area contributed by atoms with Crippen LogP contribution < -0.4 is 5.32 Å². The molecule has 1 aromatic carbocycles. The second-order valence-electron chi connectivity index (χ2n) is 6.46. The first-order chi connectivity index (χ1) is 9.00. The molecule has 1 N–H and O–H groups in total. The fraction of sp³-hybridized carbons (Fsp3) is 0.647. The lowest BCUT2D eigenvalue weighted by atomic mass is 9.85. The molecular weight excluding hydrogens is 237 g/mol. The molecule has 1 aliphatic carbocycles. The average molecular weight is 263 g/mol. The summed E-state index contributed by atoms with van der Waals surface area (Å²) < 4.78 is 13.7. The minimum atomic E-state index is -0.0360. The summed E-state index contributed by atoms with van der Waals surface area (Å²) >= 11 is 0. The molecule has 2 heteroatoms. The number of fused-ring (bicyclic) bond motifs is 1. The minimum absolute atomic E-state index is 0.0360. The van der Waals surface area contributed by atoms with Crippen LogP contribution >= 0.6 is 0 Å². The van der Waals surface area contributed by atoms with Crippen molar-refractivity contribution in [3.63, 3.8) is 0 Å². The number of rotatable bonds is 5. The van der Waals surface area contributed by atoms with Gasteiger partial charge in [-0.2, -0.15) is 0 Å². The second-order valence-corrected chi connectivity index (χ2v) is 6.46. The predicted octanol–water partition coefficient (Wildman–Crippen LogP) is 4.33. The molecule has 106 valence electrons. The normalized spacial score (nSPS) is 18.6. The van der Waals surface area contributed by atoms with Crippen molar-refractivity contribution in [2.75, 3.05) is 6.54 Å². The van der Waals surface area contributed by atoms with E-state index in [0.29, 0.717) is 23.8 Å². The van der Waals surface area contributed by atoms with Crippen molar-refractivity contribution >= 4 is 0 Å². The molecule has 19 heavy (non-hydrogen) atoms. The lowest BCUT2D eigenvalue weighted by Crippen LogP contribution is -2.31. The SMILES string of the molecule is CC(C)C(CNC1CCc2c(F)cccc21)C(C)C. The molecule has 0 saturated carbocycles. The van der Waals surface area contributed by atoms with Gasteiger partial charge in [-0.1, -0.05) is 39.8 Å². The van der Waals surface area contributed by atoms with Crippen LogP contribution in [0, 0.1) is 23.6 Å². The molecule has 2 rings (SSSR count). The van der Waals surface area contributed by atoms with Crippen molar-refractivity contribution < 1.29 is 4.39 Å². The number of benzene rings is 1. The summed E-state index contributed by atoms with van der Waals surface area (Å²) in [6, 6.07) is 5.82. The summed E-state index contributed by atoms with van der Waals surface area (Å²) in [5.41, 5.74) is 2.09. The lowest BCUT2D eigenvalue weighted by Gasteiger charge is -2.27. The van der Waals surface area contributed by atoms with E-state index in [1.165, 1.54) is 5.56 Å². The van der Waals surface area contributed by atoms with Crippen molar-refractivity contribution in [2.24, 2.45) is 17.8 Å². The van der Waals surface area contributed by atoms with Crippen LogP contribution in [0.5, 0.6) is 0 Å². The Bertz CT molecular complexity index is 417. The number of hydrogen-bond acceptors (Lipinski definition) is 1. The van der Waals surface area contributed by atoms with Gasteiger partial charge in [0.15, 0.2) is 0 Å². The monoisotopic (exact) mass is 263 g/mol. The van der Waals surface area contributed by atoms with E-state index in [9.17, 15) is 4.39 Å². The molecule has 0 saturated heterocycles. The van der Waals surface area contributed by atoms with E-state index in [2.05, 4.69) is 39.1 Å². The van der Waals surface area contributed by atoms with Gasteiger partial charge in [-0.3, -0.25) is 0 Å². The summed E-state index contributed by atoms with van der Waals surface area (Å²) in [6.45, 7) is 10.2. The Hall–Kier alpha value is -0.890. The fourth-order valence-electron chi connectivity index (χ4n) is 3.34. The highest BCUT2D eigenvalue weighted by Gasteiger charge is 2.26. The smallest absolute Gasteiger partial charge is 0.126 e. The highest BCUT2D eigenvalue weighted by atomic mass is 19.1. The van der Waals surface area contributed by atoms with Gasteiger partial charge in [-0.05, 0) is 54.3 Å². The van der Waals surface area contributed by atoms with E-state index in [1.54, 1.807) is 6.07 Å². The van der Waals surface area contributed by atoms with Crippen molar-refractivity contribution in [3.8, 4) is 0 Å². The largest absolute Gasteiger partial charge is 0.310 e. The maximum Gasteiger partial charge on any atom is 0.126 e. The standard InChI is InChI=1S/C17H26FN/c1-11(2)15(12(3)4)10-19-17-9-8-13-14(17)6-5-7-16(13)18/h5-7,11-12,15,17,19H,8-10H2,1-4H3. The van der Waals surface area contributed by atoms with Gasteiger partial charge in [0, 0.05) is 6.04 Å². The Kier molecular flexibility index (Phi) is 4.62. The predicted molar refractivity (Wildman–Crippen MR) is 78.6 cm³/mol. The summed E-state index contributed by atoms with van der Waals surface area (Å²) in [6.07, 6.45) is 1.90. The van der Waals surface area contributed by atoms with E-state index in [4.69, 9.17) is 0 Å². The third kappa shape index (κ3) is 3.17. The highest BCUT2D eigenvalue weighted by Crippen LogP contribution is 2.33. The molecule has 0 amide bonds. The molecule has 1 nitrogen and oxygen atoms in total. The molecule has 0 spiro atoms. The van der Waals surface area contributed by atoms with Crippen LogP contribution in [0.1, 0.15) is 51.3 Å². The summed E-state index contributed by atoms with van der Waals surface area (Å²) in [5.74, 6) is 2.01. The molecule has 1 aromatic rings. The van der Waals surface area contributed by atoms with E-state index in [0.717, 1.165) is 24.9 Å². The Balaban J connectivity index is 2.01. The summed E-state index contributed by atoms with van der Waals surface area (Å²) in [7, 11) is 0. The van der Waals surface area contributed by atoms with Crippen molar-refractivity contribution in [1.29, 1.82) is 0 Å². The van der Waals surface area contributed by atoms with Gasteiger partial charge < -0.3 is 5.32 Å². The van der Waals surface area contributed by atoms with Crippen LogP contribution in [0.25, 0.3) is 0 Å². The maximum absolute atomic E-state index is 13.7. The van der Waals surface area contributed by atoms with Crippen molar-refractivity contribution in [3.05, 3.63) is 35.1 Å². The minimum Gasteiger partial charge on any atom is -0.310 e. The van der Waals surface area contributed by atoms with Crippen LogP contribution in [0.15, 0.2) is 18.2 Å². The fourth-order valence-corrected chi connectivity index (χ4v) is 3.34. The first kappa shape index (κ1) is 14.5. The van der Waals surface area contributed by atoms with Gasteiger partial charge in [-0.25, -0.2) is 4.39 Å². The average Bonchev–Trinajstić information content (AvgIpc) is 2.73. The highest BCUT2D eigenvalue weighted by molar-refractivity contribution is 5.35. The molecule has 0 aromatic heterocycles. The van der Waals surface area contributed by atoms with Gasteiger partial charge in [0.1, 0.15) is 5.82 Å². The quantitative estimate of drug-likeness (QED) is 0.833. The van der Waals surface area contributed by atoms with E-state index in [1.807, 2.05) is 6.07 Å². The maximum atomic E-state index is 13.7. The summed E-state index contributed by atoms with van der Waals surface area (Å²) in [4.78, 5) is 0. The zero-order valence-electron chi connectivity index (χ0n) is 12.5. The molecule has 0 bridgehead atoms. The summed E-state index contributed by atoms with van der Waals surface area (Å²) in [5, 5.41) is 3.66. The molecule has 0 fully saturated rings. The second kappa shape index (κ2) is 6.04. The number of halogens is 1. The molecule has 1 atom stereocenters. The number of nitrogens with one attached hydrogen (secondary N) is 1. The molecule has 0 heterocycles. The zero-order valence-corrected chi connectivity index (χ0v) is 12.5. The molecule has 1 unspecified atom stereocenters. The first-order valence-corrected chi connectivity index (χ1v) is 7.51. The number of hydrogen-bond donors (Lipinski definition) is 1. The Labute approximate surface area is 116 Å². The van der Waals surface area contributed by atoms with Crippen LogP contribution in [0.3, 0.4) is 0 Å². The van der Waals surface area contributed by atoms with E-state index < -0.39 is 0 Å². The Morgan fingerprint density at radius 2 is 1.89 bits per heavy atom. The Morgan fingerprint density at radius 3 is 2.53 bits per heavy atom. The van der Waals surface area contributed by atoms with Crippen LogP contribution in [0.4, 0.5) is 4.39 Å². The van der Waals surface area contributed by atoms with Gasteiger partial charge in [0.05, 0.1) is 0 Å². The van der Waals surface area contributed by atoms with Crippen LogP contribution in [-0.4, -0.2) is 6.54 Å².